The minimum absolute atomic E-state index is 0.368. The molecule has 118 valence electrons. The van der Waals surface area contributed by atoms with Crippen molar-refractivity contribution in [1.29, 1.82) is 0 Å². The third-order valence-corrected chi connectivity index (χ3v) is 4.11. The van der Waals surface area contributed by atoms with Gasteiger partial charge in [0.2, 0.25) is 0 Å². The molecule has 0 unspecified atom stereocenters. The Morgan fingerprint density at radius 2 is 2.17 bits per heavy atom. The monoisotopic (exact) mass is 329 g/mol. The fraction of sp³-hybridized carbons (Fsp3) is 0.200. The first-order valence-electron chi connectivity index (χ1n) is 6.83. The number of nitrogens with one attached hydrogen (secondary N) is 2. The molecule has 0 bridgehead atoms. The lowest BCUT2D eigenvalue weighted by Gasteiger charge is -2.10. The van der Waals surface area contributed by atoms with Crippen LogP contribution in [0.4, 0.5) is 11.5 Å². The smallest absolute Gasteiger partial charge is 0.338 e. The van der Waals surface area contributed by atoms with Gasteiger partial charge >= 0.3 is 5.97 Å². The second kappa shape index (κ2) is 6.25. The van der Waals surface area contributed by atoms with E-state index >= 15 is 0 Å². The number of thioether (sulfide) groups is 1. The van der Waals surface area contributed by atoms with Crippen LogP contribution in [-0.4, -0.2) is 39.5 Å². The number of esters is 1. The second-order valence-corrected chi connectivity index (χ2v) is 5.62. The summed E-state index contributed by atoms with van der Waals surface area (Å²) in [4.78, 5) is 20.3. The number of ether oxygens (including phenoxy) is 1. The SMILES string of the molecule is COC(=O)c1cc(Nc2ncnc3[nH]nc(SC)c23)ccc1C. The summed E-state index contributed by atoms with van der Waals surface area (Å²) in [5.74, 6) is 0.264. The lowest BCUT2D eigenvalue weighted by atomic mass is 10.1. The average Bonchev–Trinajstić information content (AvgIpc) is 3.00. The number of anilines is 2. The van der Waals surface area contributed by atoms with E-state index in [1.807, 2.05) is 25.3 Å². The van der Waals surface area contributed by atoms with Gasteiger partial charge in [-0.1, -0.05) is 6.07 Å². The lowest BCUT2D eigenvalue weighted by molar-refractivity contribution is 0.0600. The second-order valence-electron chi connectivity index (χ2n) is 4.83. The number of hydrogen-bond donors (Lipinski definition) is 2. The molecule has 2 N–H and O–H groups in total. The van der Waals surface area contributed by atoms with Gasteiger partial charge in [-0.05, 0) is 30.9 Å². The Hall–Kier alpha value is -2.61. The number of rotatable bonds is 4. The summed E-state index contributed by atoms with van der Waals surface area (Å²) in [7, 11) is 1.37. The molecule has 3 rings (SSSR count). The van der Waals surface area contributed by atoms with Crippen LogP contribution in [0.25, 0.3) is 11.0 Å². The average molecular weight is 329 g/mol. The highest BCUT2D eigenvalue weighted by atomic mass is 32.2. The fourth-order valence-electron chi connectivity index (χ4n) is 2.24. The molecule has 23 heavy (non-hydrogen) atoms. The number of aryl methyl sites for hydroxylation is 1. The van der Waals surface area contributed by atoms with Gasteiger partial charge in [0.15, 0.2) is 5.65 Å². The standard InChI is InChI=1S/C15H15N5O2S/c1-8-4-5-9(6-10(8)15(21)22-2)18-12-11-13(17-7-16-12)19-20-14(11)23-3/h4-7H,1-3H3,(H2,16,17,18,19,20). The van der Waals surface area contributed by atoms with E-state index in [9.17, 15) is 4.79 Å². The Bertz CT molecular complexity index is 877. The molecule has 0 saturated carbocycles. The van der Waals surface area contributed by atoms with Gasteiger partial charge in [-0.2, -0.15) is 5.10 Å². The van der Waals surface area contributed by atoms with E-state index in [-0.39, 0.29) is 5.97 Å². The number of aromatic amines is 1. The molecule has 0 aliphatic carbocycles. The normalized spacial score (nSPS) is 10.7. The number of methoxy groups -OCH3 is 1. The highest BCUT2D eigenvalue weighted by Gasteiger charge is 2.14. The maximum atomic E-state index is 11.8. The number of aromatic nitrogens is 4. The molecule has 3 aromatic rings. The van der Waals surface area contributed by atoms with Crippen molar-refractivity contribution in [3.63, 3.8) is 0 Å². The molecule has 0 saturated heterocycles. The number of hydrogen-bond acceptors (Lipinski definition) is 7. The van der Waals surface area contributed by atoms with Crippen LogP contribution < -0.4 is 5.32 Å². The summed E-state index contributed by atoms with van der Waals surface area (Å²) in [6, 6.07) is 5.49. The van der Waals surface area contributed by atoms with Crippen molar-refractivity contribution in [1.82, 2.24) is 20.2 Å². The summed E-state index contributed by atoms with van der Waals surface area (Å²) in [5, 5.41) is 11.9. The summed E-state index contributed by atoms with van der Waals surface area (Å²) in [5.41, 5.74) is 2.76. The topological polar surface area (TPSA) is 92.8 Å². The van der Waals surface area contributed by atoms with E-state index in [0.29, 0.717) is 17.0 Å². The summed E-state index contributed by atoms with van der Waals surface area (Å²) in [6.07, 6.45) is 3.40. The van der Waals surface area contributed by atoms with Crippen molar-refractivity contribution in [2.24, 2.45) is 0 Å². The van der Waals surface area contributed by atoms with Gasteiger partial charge in [0.25, 0.3) is 0 Å². The van der Waals surface area contributed by atoms with Crippen LogP contribution in [0, 0.1) is 6.92 Å². The van der Waals surface area contributed by atoms with E-state index in [0.717, 1.165) is 21.7 Å². The molecule has 0 aliphatic rings. The Labute approximate surface area is 136 Å². The van der Waals surface area contributed by atoms with Crippen molar-refractivity contribution in [3.8, 4) is 0 Å². The Morgan fingerprint density at radius 1 is 1.35 bits per heavy atom. The zero-order valence-electron chi connectivity index (χ0n) is 12.9. The minimum atomic E-state index is -0.368. The van der Waals surface area contributed by atoms with Crippen molar-refractivity contribution >= 4 is 40.3 Å². The molecule has 0 radical (unpaired) electrons. The molecule has 8 heteroatoms. The zero-order valence-corrected chi connectivity index (χ0v) is 13.7. The molecule has 0 aliphatic heterocycles. The van der Waals surface area contributed by atoms with Crippen molar-refractivity contribution in [2.45, 2.75) is 11.9 Å². The van der Waals surface area contributed by atoms with Crippen LogP contribution in [0.3, 0.4) is 0 Å². The van der Waals surface area contributed by atoms with Gasteiger partial charge in [0.1, 0.15) is 17.2 Å². The summed E-state index contributed by atoms with van der Waals surface area (Å²) in [6.45, 7) is 1.86. The first-order chi connectivity index (χ1) is 11.1. The third-order valence-electron chi connectivity index (χ3n) is 3.42. The van der Waals surface area contributed by atoms with Crippen LogP contribution in [0.2, 0.25) is 0 Å². The first kappa shape index (κ1) is 15.3. The molecule has 2 heterocycles. The largest absolute Gasteiger partial charge is 0.465 e. The predicted molar refractivity (Wildman–Crippen MR) is 89.3 cm³/mol. The van der Waals surface area contributed by atoms with Crippen LogP contribution >= 0.6 is 11.8 Å². The van der Waals surface area contributed by atoms with Gasteiger partial charge in [-0.15, -0.1) is 11.8 Å². The van der Waals surface area contributed by atoms with Gasteiger partial charge in [-0.3, -0.25) is 5.10 Å². The van der Waals surface area contributed by atoms with Crippen LogP contribution in [-0.2, 0) is 4.74 Å². The zero-order chi connectivity index (χ0) is 16.4. The molecule has 2 aromatic heterocycles. The van der Waals surface area contributed by atoms with Crippen molar-refractivity contribution in [2.75, 3.05) is 18.7 Å². The summed E-state index contributed by atoms with van der Waals surface area (Å²) < 4.78 is 4.81. The predicted octanol–water partition coefficient (Wildman–Crippen LogP) is 2.91. The highest BCUT2D eigenvalue weighted by molar-refractivity contribution is 7.98. The Morgan fingerprint density at radius 3 is 2.91 bits per heavy atom. The minimum Gasteiger partial charge on any atom is -0.465 e. The summed E-state index contributed by atoms with van der Waals surface area (Å²) >= 11 is 1.51. The molecular weight excluding hydrogens is 314 g/mol. The van der Waals surface area contributed by atoms with E-state index in [4.69, 9.17) is 4.74 Å². The van der Waals surface area contributed by atoms with Gasteiger partial charge in [0, 0.05) is 5.69 Å². The Kier molecular flexibility index (Phi) is 4.16. The van der Waals surface area contributed by atoms with Gasteiger partial charge < -0.3 is 10.1 Å². The quantitative estimate of drug-likeness (QED) is 0.561. The molecule has 7 nitrogen and oxygen atoms in total. The van der Waals surface area contributed by atoms with E-state index < -0.39 is 0 Å². The number of H-pyrrole nitrogens is 1. The number of benzene rings is 1. The van der Waals surface area contributed by atoms with Crippen LogP contribution in [0.15, 0.2) is 29.6 Å². The van der Waals surface area contributed by atoms with Gasteiger partial charge in [-0.25, -0.2) is 14.8 Å². The van der Waals surface area contributed by atoms with E-state index in [1.165, 1.54) is 25.2 Å². The third kappa shape index (κ3) is 2.85. The van der Waals surface area contributed by atoms with Crippen LogP contribution in [0.5, 0.6) is 0 Å². The van der Waals surface area contributed by atoms with Crippen molar-refractivity contribution in [3.05, 3.63) is 35.7 Å². The number of nitrogens with zero attached hydrogens (tertiary/aromatic N) is 3. The number of carbonyl (C=O) groups excluding carboxylic acids is 1. The molecular formula is C15H15N5O2S. The highest BCUT2D eigenvalue weighted by Crippen LogP contribution is 2.30. The van der Waals surface area contributed by atoms with Gasteiger partial charge in [0.05, 0.1) is 18.1 Å². The maximum absolute atomic E-state index is 11.8. The Balaban J connectivity index is 2.03. The van der Waals surface area contributed by atoms with E-state index in [2.05, 4.69) is 25.5 Å². The van der Waals surface area contributed by atoms with E-state index in [1.54, 1.807) is 6.07 Å². The molecule has 0 spiro atoms. The van der Waals surface area contributed by atoms with Crippen molar-refractivity contribution < 1.29 is 9.53 Å². The molecule has 1 aromatic carbocycles. The first-order valence-corrected chi connectivity index (χ1v) is 8.05. The molecule has 0 fully saturated rings. The number of carbonyl (C=O) groups is 1. The molecule has 0 amide bonds. The molecule has 0 atom stereocenters. The fourth-order valence-corrected chi connectivity index (χ4v) is 2.78. The lowest BCUT2D eigenvalue weighted by Crippen LogP contribution is -2.05. The number of fused-ring (bicyclic) bond motifs is 1. The maximum Gasteiger partial charge on any atom is 0.338 e. The van der Waals surface area contributed by atoms with Crippen LogP contribution in [0.1, 0.15) is 15.9 Å².